The van der Waals surface area contributed by atoms with E-state index < -0.39 is 0 Å². The monoisotopic (exact) mass is 232 g/mol. The summed E-state index contributed by atoms with van der Waals surface area (Å²) in [6.45, 7) is 0. The lowest BCUT2D eigenvalue weighted by molar-refractivity contribution is 0.289. The van der Waals surface area contributed by atoms with Gasteiger partial charge in [0.25, 0.3) is 0 Å². The van der Waals surface area contributed by atoms with Gasteiger partial charge in [-0.05, 0) is 12.1 Å². The molecule has 3 heteroatoms. The predicted molar refractivity (Wildman–Crippen MR) is 52.1 cm³/mol. The van der Waals surface area contributed by atoms with Gasteiger partial charge in [-0.25, -0.2) is 0 Å². The van der Waals surface area contributed by atoms with Gasteiger partial charge in [-0.2, -0.15) is 0 Å². The van der Waals surface area contributed by atoms with Gasteiger partial charge in [0.1, 0.15) is 5.44 Å². The molecule has 0 amide bonds. The summed E-state index contributed by atoms with van der Waals surface area (Å²) in [4.78, 5) is 1.10. The van der Waals surface area contributed by atoms with Crippen LogP contribution in [0.3, 0.4) is 0 Å². The third-order valence-corrected chi connectivity index (χ3v) is 3.17. The van der Waals surface area contributed by atoms with Crippen LogP contribution in [0.1, 0.15) is 0 Å². The predicted octanol–water partition coefficient (Wildman–Crippen LogP) is 2.49. The number of aliphatic hydroxyl groups is 1. The Balaban J connectivity index is 2.51. The number of halogens is 1. The Bertz CT molecular complexity index is 203. The van der Waals surface area contributed by atoms with Crippen LogP contribution in [0.4, 0.5) is 0 Å². The topological polar surface area (TPSA) is 20.2 Å². The molecule has 0 aliphatic heterocycles. The lowest BCUT2D eigenvalue weighted by atomic mass is 10.4. The summed E-state index contributed by atoms with van der Waals surface area (Å²) >= 11 is 4.65. The molecule has 60 valence electrons. The first-order chi connectivity index (χ1) is 5.33. The zero-order valence-corrected chi connectivity index (χ0v) is 8.31. The maximum Gasteiger partial charge on any atom is 0.113 e. The Morgan fingerprint density at radius 3 is 2.55 bits per heavy atom. The van der Waals surface area contributed by atoms with Gasteiger partial charge in [0.2, 0.25) is 0 Å². The van der Waals surface area contributed by atoms with Crippen molar-refractivity contribution in [1.29, 1.82) is 0 Å². The van der Waals surface area contributed by atoms with Gasteiger partial charge >= 0.3 is 0 Å². The molecule has 0 heterocycles. The smallest absolute Gasteiger partial charge is 0.113 e. The van der Waals surface area contributed by atoms with Crippen molar-refractivity contribution in [2.75, 3.05) is 5.33 Å². The minimum atomic E-state index is -0.350. The molecular formula is C8H9BrOS. The highest BCUT2D eigenvalue weighted by atomic mass is 79.9. The third-order valence-electron chi connectivity index (χ3n) is 1.15. The van der Waals surface area contributed by atoms with E-state index in [0.29, 0.717) is 5.33 Å². The molecule has 1 aromatic rings. The van der Waals surface area contributed by atoms with Crippen molar-refractivity contribution >= 4 is 27.7 Å². The van der Waals surface area contributed by atoms with Gasteiger partial charge in [-0.1, -0.05) is 45.9 Å². The first kappa shape index (κ1) is 9.10. The van der Waals surface area contributed by atoms with Gasteiger partial charge < -0.3 is 5.11 Å². The van der Waals surface area contributed by atoms with Crippen molar-refractivity contribution in [3.8, 4) is 0 Å². The van der Waals surface area contributed by atoms with Gasteiger partial charge in [0.15, 0.2) is 0 Å². The molecule has 1 aromatic carbocycles. The molecule has 1 N–H and O–H groups in total. The minimum absolute atomic E-state index is 0.350. The van der Waals surface area contributed by atoms with E-state index in [4.69, 9.17) is 0 Å². The van der Waals surface area contributed by atoms with E-state index >= 15 is 0 Å². The second kappa shape index (κ2) is 4.80. The van der Waals surface area contributed by atoms with Gasteiger partial charge in [-0.15, -0.1) is 0 Å². The number of aliphatic hydroxyl groups excluding tert-OH is 1. The van der Waals surface area contributed by atoms with Crippen LogP contribution in [0, 0.1) is 0 Å². The molecule has 0 saturated carbocycles. The van der Waals surface area contributed by atoms with E-state index in [1.54, 1.807) is 0 Å². The molecule has 1 rings (SSSR count). The average Bonchev–Trinajstić information content (AvgIpc) is 2.06. The van der Waals surface area contributed by atoms with Crippen LogP contribution in [0.2, 0.25) is 0 Å². The molecule has 1 nitrogen and oxygen atoms in total. The third kappa shape index (κ3) is 3.27. The van der Waals surface area contributed by atoms with Gasteiger partial charge in [0, 0.05) is 10.2 Å². The fourth-order valence-electron chi connectivity index (χ4n) is 0.688. The molecule has 1 atom stereocenters. The Hall–Kier alpha value is 0.0100. The highest BCUT2D eigenvalue weighted by Gasteiger charge is 2.01. The lowest BCUT2D eigenvalue weighted by Crippen LogP contribution is -2.00. The average molecular weight is 233 g/mol. The molecule has 0 saturated heterocycles. The van der Waals surface area contributed by atoms with Crippen LogP contribution in [0.15, 0.2) is 35.2 Å². The quantitative estimate of drug-likeness (QED) is 0.491. The fourth-order valence-corrected chi connectivity index (χ4v) is 1.78. The molecule has 0 radical (unpaired) electrons. The standard InChI is InChI=1S/C8H9BrOS/c9-6-8(10)11-7-4-2-1-3-5-7/h1-5,8,10H,6H2. The van der Waals surface area contributed by atoms with Crippen molar-refractivity contribution in [2.45, 2.75) is 10.3 Å². The second-order valence-electron chi connectivity index (χ2n) is 2.04. The van der Waals surface area contributed by atoms with E-state index in [2.05, 4.69) is 15.9 Å². The number of alkyl halides is 1. The molecule has 0 aromatic heterocycles. The summed E-state index contributed by atoms with van der Waals surface area (Å²) in [5.74, 6) is 0. The molecule has 1 unspecified atom stereocenters. The van der Waals surface area contributed by atoms with E-state index in [1.807, 2.05) is 30.3 Å². The van der Waals surface area contributed by atoms with Crippen LogP contribution in [0.25, 0.3) is 0 Å². The first-order valence-electron chi connectivity index (χ1n) is 3.28. The normalized spacial score (nSPS) is 12.9. The molecule has 0 aliphatic carbocycles. The van der Waals surface area contributed by atoms with E-state index in [0.717, 1.165) is 4.90 Å². The summed E-state index contributed by atoms with van der Waals surface area (Å²) in [6, 6.07) is 9.85. The van der Waals surface area contributed by atoms with E-state index in [9.17, 15) is 5.11 Å². The summed E-state index contributed by atoms with van der Waals surface area (Å²) < 4.78 is 0. The van der Waals surface area contributed by atoms with Crippen LogP contribution in [-0.2, 0) is 0 Å². The van der Waals surface area contributed by atoms with E-state index in [1.165, 1.54) is 11.8 Å². The molecule has 0 bridgehead atoms. The van der Waals surface area contributed by atoms with Gasteiger partial charge in [0.05, 0.1) is 0 Å². The number of benzene rings is 1. The molecular weight excluding hydrogens is 224 g/mol. The largest absolute Gasteiger partial charge is 0.381 e. The van der Waals surface area contributed by atoms with Gasteiger partial charge in [-0.3, -0.25) is 0 Å². The molecule has 0 aliphatic rings. The highest BCUT2D eigenvalue weighted by Crippen LogP contribution is 2.21. The fraction of sp³-hybridized carbons (Fsp3) is 0.250. The molecule has 11 heavy (non-hydrogen) atoms. The summed E-state index contributed by atoms with van der Waals surface area (Å²) in [7, 11) is 0. The second-order valence-corrected chi connectivity index (χ2v) is 3.94. The minimum Gasteiger partial charge on any atom is -0.381 e. The SMILES string of the molecule is OC(CBr)Sc1ccccc1. The maximum absolute atomic E-state index is 9.23. The first-order valence-corrected chi connectivity index (χ1v) is 5.29. The Morgan fingerprint density at radius 2 is 2.00 bits per heavy atom. The number of rotatable bonds is 3. The Kier molecular flexibility index (Phi) is 3.97. The van der Waals surface area contributed by atoms with Crippen molar-refractivity contribution in [3.63, 3.8) is 0 Å². The van der Waals surface area contributed by atoms with Crippen LogP contribution in [0.5, 0.6) is 0 Å². The molecule has 0 fully saturated rings. The van der Waals surface area contributed by atoms with Crippen molar-refractivity contribution in [1.82, 2.24) is 0 Å². The zero-order chi connectivity index (χ0) is 8.10. The van der Waals surface area contributed by atoms with Crippen molar-refractivity contribution < 1.29 is 5.11 Å². The Labute approximate surface area is 78.9 Å². The van der Waals surface area contributed by atoms with Crippen molar-refractivity contribution in [3.05, 3.63) is 30.3 Å². The summed E-state index contributed by atoms with van der Waals surface area (Å²) in [6.07, 6.45) is 0. The number of thioether (sulfide) groups is 1. The number of hydrogen-bond acceptors (Lipinski definition) is 2. The summed E-state index contributed by atoms with van der Waals surface area (Å²) in [5.41, 5.74) is -0.350. The van der Waals surface area contributed by atoms with Crippen LogP contribution < -0.4 is 0 Å². The summed E-state index contributed by atoms with van der Waals surface area (Å²) in [5, 5.41) is 9.83. The Morgan fingerprint density at radius 1 is 1.36 bits per heavy atom. The maximum atomic E-state index is 9.23. The number of hydrogen-bond donors (Lipinski definition) is 1. The zero-order valence-electron chi connectivity index (χ0n) is 5.90. The molecule has 0 spiro atoms. The van der Waals surface area contributed by atoms with Crippen molar-refractivity contribution in [2.24, 2.45) is 0 Å². The van der Waals surface area contributed by atoms with E-state index in [-0.39, 0.29) is 5.44 Å². The lowest BCUT2D eigenvalue weighted by Gasteiger charge is -2.04. The van der Waals surface area contributed by atoms with Crippen LogP contribution in [-0.4, -0.2) is 15.9 Å². The highest BCUT2D eigenvalue weighted by molar-refractivity contribution is 9.09. The van der Waals surface area contributed by atoms with Crippen LogP contribution >= 0.6 is 27.7 Å².